The molecule has 11 rings (SSSR count). The first-order valence-electron chi connectivity index (χ1n) is 24.9. The van der Waals surface area contributed by atoms with Crippen LogP contribution in [0.15, 0.2) is 58.7 Å². The van der Waals surface area contributed by atoms with E-state index >= 15 is 0 Å². The van der Waals surface area contributed by atoms with E-state index in [0.29, 0.717) is 61.9 Å². The Balaban J connectivity index is 0.710. The van der Waals surface area contributed by atoms with E-state index in [4.69, 9.17) is 23.7 Å². The van der Waals surface area contributed by atoms with Crippen LogP contribution in [-0.4, -0.2) is 82.6 Å². The number of esters is 3. The Morgan fingerprint density at radius 1 is 0.952 bits per heavy atom. The summed E-state index contributed by atoms with van der Waals surface area (Å²) >= 11 is 0. The number of aliphatic hydroxyl groups is 2. The van der Waals surface area contributed by atoms with Crippen LogP contribution in [0, 0.1) is 57.7 Å². The highest BCUT2D eigenvalue weighted by molar-refractivity contribution is 5.92. The van der Waals surface area contributed by atoms with Gasteiger partial charge in [-0.3, -0.25) is 9.59 Å². The molecule has 0 aromatic heterocycles. The molecule has 11 aliphatic rings. The zero-order chi connectivity index (χ0) is 44.0. The molecule has 0 bridgehead atoms. The van der Waals surface area contributed by atoms with Gasteiger partial charge < -0.3 is 33.9 Å². The number of aliphatic hydroxyl groups excluding tert-OH is 2. The lowest BCUT2D eigenvalue weighted by Crippen LogP contribution is -2.67. The fraction of sp³-hybridized carbons (Fsp3) is 0.755. The van der Waals surface area contributed by atoms with Gasteiger partial charge in [-0.15, -0.1) is 0 Å². The average Bonchev–Trinajstić information content (AvgIpc) is 4.08. The number of allylic oxidation sites excluding steroid dienone is 4. The van der Waals surface area contributed by atoms with Crippen molar-refractivity contribution in [3.63, 3.8) is 0 Å². The molecule has 0 radical (unpaired) electrons. The fourth-order valence-electron chi connectivity index (χ4n) is 16.1. The summed E-state index contributed by atoms with van der Waals surface area (Å²) in [5, 5.41) is 20.6. The Hall–Kier alpha value is -3.05. The van der Waals surface area contributed by atoms with Gasteiger partial charge in [0.2, 0.25) is 0 Å². The van der Waals surface area contributed by atoms with Crippen molar-refractivity contribution in [2.75, 3.05) is 6.61 Å². The molecule has 2 spiro atoms. The number of fused-ring (bicyclic) bond motifs is 5. The molecule has 342 valence electrons. The van der Waals surface area contributed by atoms with Crippen molar-refractivity contribution >= 4 is 17.9 Å². The predicted octanol–water partition coefficient (Wildman–Crippen LogP) is 8.35. The highest BCUT2D eigenvalue weighted by atomic mass is 16.7. The van der Waals surface area contributed by atoms with E-state index in [1.807, 2.05) is 0 Å². The first kappa shape index (κ1) is 42.6. The van der Waals surface area contributed by atoms with Gasteiger partial charge in [0.25, 0.3) is 0 Å². The van der Waals surface area contributed by atoms with Crippen LogP contribution >= 0.6 is 0 Å². The lowest BCUT2D eigenvalue weighted by Gasteiger charge is -2.54. The summed E-state index contributed by atoms with van der Waals surface area (Å²) in [5.41, 5.74) is 3.72. The smallest absolute Gasteiger partial charge is 0.334 e. The Bertz CT molecular complexity index is 2110. The van der Waals surface area contributed by atoms with Gasteiger partial charge in [0.05, 0.1) is 24.4 Å². The van der Waals surface area contributed by atoms with Gasteiger partial charge in [-0.05, 0) is 153 Å². The number of ether oxygens (including phenoxy) is 5. The summed E-state index contributed by atoms with van der Waals surface area (Å²) in [6.45, 7) is 16.1. The minimum atomic E-state index is -0.678. The molecule has 63 heavy (non-hydrogen) atoms. The zero-order valence-corrected chi connectivity index (χ0v) is 38.2. The van der Waals surface area contributed by atoms with Crippen LogP contribution in [0.4, 0.5) is 0 Å². The fourth-order valence-corrected chi connectivity index (χ4v) is 16.1. The number of carbonyl (C=O) groups excluding carboxylic acids is 3. The average molecular weight is 867 g/mol. The summed E-state index contributed by atoms with van der Waals surface area (Å²) in [6.07, 6.45) is 19.7. The molecule has 3 heterocycles. The van der Waals surface area contributed by atoms with Crippen LogP contribution in [-0.2, 0) is 38.1 Å². The van der Waals surface area contributed by atoms with Crippen molar-refractivity contribution < 1.29 is 48.3 Å². The molecule has 8 aliphatic carbocycles. The van der Waals surface area contributed by atoms with Gasteiger partial charge in [0, 0.05) is 35.7 Å². The van der Waals surface area contributed by atoms with E-state index in [0.717, 1.165) is 80.1 Å². The van der Waals surface area contributed by atoms with E-state index in [1.165, 1.54) is 12.0 Å². The van der Waals surface area contributed by atoms with Crippen LogP contribution < -0.4 is 0 Å². The highest BCUT2D eigenvalue weighted by Gasteiger charge is 3.00. The van der Waals surface area contributed by atoms with E-state index in [-0.39, 0.29) is 77.1 Å². The number of epoxide rings is 2. The summed E-state index contributed by atoms with van der Waals surface area (Å²) in [4.78, 5) is 39.9. The lowest BCUT2D eigenvalue weighted by molar-refractivity contribution is -0.172. The van der Waals surface area contributed by atoms with Crippen molar-refractivity contribution in [3.05, 3.63) is 58.7 Å². The summed E-state index contributed by atoms with van der Waals surface area (Å²) < 4.78 is 32.1. The third-order valence-electron chi connectivity index (χ3n) is 19.7. The van der Waals surface area contributed by atoms with Crippen LogP contribution in [0.5, 0.6) is 0 Å². The zero-order valence-electron chi connectivity index (χ0n) is 38.2. The highest BCUT2D eigenvalue weighted by Crippen LogP contribution is 2.87. The lowest BCUT2D eigenvalue weighted by atomic mass is 9.46. The molecule has 10 nitrogen and oxygen atoms in total. The Morgan fingerprint density at radius 2 is 1.75 bits per heavy atom. The standard InChI is InChI=1S/C53H70O10/c1-28(2)51-26-40(51)46-53(63-46)50(6)22-20-35-36(27-59-47(35)58)39(50)25-43-52(53,62-43)48(51)61-45(57)11-7-10-44(56)60-42(32-14-15-32)19-12-29(3)37-17-18-38-31(9-8-21-49(37,38)5)13-16-33-23-34(54)24-41(55)30(33)4/h12-13,16,19,28-29,32,34,37-43,46,48,54-55H,4,7-11,14-15,17-18,20-27H2,1-3,5-6H3/b19-12+,31-13+,33-16-/t29-,34+,37?,38?,39-,40-,41-,42?,43-,46-,48+,49+,50-,51+,52+,53+/m0/s1. The molecule has 0 amide bonds. The minimum absolute atomic E-state index is 0.0734. The van der Waals surface area contributed by atoms with Crippen LogP contribution in [0.2, 0.25) is 0 Å². The quantitative estimate of drug-likeness (QED) is 0.0851. The van der Waals surface area contributed by atoms with Crippen LogP contribution in [0.3, 0.4) is 0 Å². The number of cyclic esters (lactones) is 1. The van der Waals surface area contributed by atoms with E-state index in [2.05, 4.69) is 65.5 Å². The third-order valence-corrected chi connectivity index (χ3v) is 19.7. The van der Waals surface area contributed by atoms with Crippen molar-refractivity contribution in [1.29, 1.82) is 0 Å². The topological polar surface area (TPSA) is 144 Å². The van der Waals surface area contributed by atoms with Crippen molar-refractivity contribution in [2.45, 2.75) is 185 Å². The van der Waals surface area contributed by atoms with Gasteiger partial charge in [-0.2, -0.15) is 0 Å². The molecule has 3 unspecified atom stereocenters. The van der Waals surface area contributed by atoms with Gasteiger partial charge in [0.15, 0.2) is 5.60 Å². The first-order valence-corrected chi connectivity index (χ1v) is 24.9. The minimum Gasteiger partial charge on any atom is -0.458 e. The maximum Gasteiger partial charge on any atom is 0.334 e. The second-order valence-electron chi connectivity index (χ2n) is 23.0. The molecule has 2 saturated heterocycles. The first-order chi connectivity index (χ1) is 30.1. The Labute approximate surface area is 373 Å². The third kappa shape index (κ3) is 6.18. The van der Waals surface area contributed by atoms with Crippen molar-refractivity contribution in [2.24, 2.45) is 57.7 Å². The molecule has 16 atom stereocenters. The van der Waals surface area contributed by atoms with Crippen LogP contribution in [0.25, 0.3) is 0 Å². The normalized spacial score (nSPS) is 47.5. The molecule has 9 fully saturated rings. The number of carbonyl (C=O) groups is 3. The number of hydrogen-bond acceptors (Lipinski definition) is 10. The van der Waals surface area contributed by atoms with Gasteiger partial charge in [-0.25, -0.2) is 4.79 Å². The molecule has 3 aliphatic heterocycles. The summed E-state index contributed by atoms with van der Waals surface area (Å²) in [6, 6.07) is 0. The SMILES string of the molecule is C=C1/C(=C\C=C2/CCC[C@@]3(C)C2CCC3[C@@H](C)/C=C/C(OC(=O)CCCC(=O)O[C@@H]2[C@@]3(C(C)C)C[C@H]3[C@@H]3O[C@]34[C@]23O[C@H]3C[C@H]2C3=C(CC[C@@]24C)C(=O)OC3)C2CC2)C[C@@H](O)C[C@@H]1O. The van der Waals surface area contributed by atoms with E-state index < -0.39 is 29.5 Å². The Kier molecular flexibility index (Phi) is 9.95. The summed E-state index contributed by atoms with van der Waals surface area (Å²) in [5.74, 6) is 1.76. The molecular formula is C53H70O10. The van der Waals surface area contributed by atoms with Crippen molar-refractivity contribution in [3.8, 4) is 0 Å². The van der Waals surface area contributed by atoms with Gasteiger partial charge >= 0.3 is 17.9 Å². The monoisotopic (exact) mass is 866 g/mol. The summed E-state index contributed by atoms with van der Waals surface area (Å²) in [7, 11) is 0. The second-order valence-corrected chi connectivity index (χ2v) is 23.0. The van der Waals surface area contributed by atoms with Gasteiger partial charge in [-0.1, -0.05) is 65.0 Å². The van der Waals surface area contributed by atoms with Crippen LogP contribution in [0.1, 0.15) is 137 Å². The predicted molar refractivity (Wildman–Crippen MR) is 233 cm³/mol. The molecule has 2 N–H and O–H groups in total. The van der Waals surface area contributed by atoms with E-state index in [1.54, 1.807) is 0 Å². The second kappa shape index (κ2) is 14.7. The molecular weight excluding hydrogens is 797 g/mol. The molecule has 10 heteroatoms. The number of hydrogen-bond donors (Lipinski definition) is 2. The number of rotatable bonds is 12. The maximum absolute atomic E-state index is 13.9. The molecule has 0 aromatic carbocycles. The van der Waals surface area contributed by atoms with E-state index in [9.17, 15) is 24.6 Å². The maximum atomic E-state index is 13.9. The molecule has 7 saturated carbocycles. The molecule has 0 aromatic rings. The Morgan fingerprint density at radius 3 is 2.52 bits per heavy atom. The largest absolute Gasteiger partial charge is 0.458 e. The van der Waals surface area contributed by atoms with Crippen molar-refractivity contribution in [1.82, 2.24) is 0 Å². The van der Waals surface area contributed by atoms with Gasteiger partial charge in [0.1, 0.15) is 24.4 Å².